The van der Waals surface area contributed by atoms with Crippen LogP contribution >= 0.6 is 0 Å². The fraction of sp³-hybridized carbons (Fsp3) is 0.240. The Morgan fingerprint density at radius 1 is 1.22 bits per heavy atom. The summed E-state index contributed by atoms with van der Waals surface area (Å²) in [5.74, 6) is -0.350. The van der Waals surface area contributed by atoms with Gasteiger partial charge in [0.15, 0.2) is 0 Å². The molecule has 1 atom stereocenters. The average Bonchev–Trinajstić information content (AvgIpc) is 3.30. The van der Waals surface area contributed by atoms with Gasteiger partial charge in [0.2, 0.25) is 5.95 Å². The van der Waals surface area contributed by atoms with Gasteiger partial charge in [0, 0.05) is 11.4 Å². The number of methoxy groups -OCH3 is 1. The first kappa shape index (κ1) is 24.4. The molecule has 1 N–H and O–H groups in total. The van der Waals surface area contributed by atoms with Crippen LogP contribution in [0.2, 0.25) is 0 Å². The van der Waals surface area contributed by atoms with Crippen molar-refractivity contribution < 1.29 is 23.5 Å². The Bertz CT molecular complexity index is 1380. The number of carbonyl (C=O) groups is 2. The van der Waals surface area contributed by atoms with Gasteiger partial charge in [0.25, 0.3) is 5.95 Å². The number of amides is 1. The van der Waals surface area contributed by atoms with Crippen molar-refractivity contribution in [3.05, 3.63) is 76.5 Å². The number of anilines is 3. The van der Waals surface area contributed by atoms with Gasteiger partial charge in [-0.3, -0.25) is 10.2 Å². The molecule has 0 radical (unpaired) electrons. The van der Waals surface area contributed by atoms with Crippen molar-refractivity contribution in [2.75, 3.05) is 23.9 Å². The molecule has 3 aromatic rings. The van der Waals surface area contributed by atoms with Gasteiger partial charge in [-0.15, -0.1) is 5.10 Å². The third kappa shape index (κ3) is 4.48. The van der Waals surface area contributed by atoms with Crippen molar-refractivity contribution in [2.24, 2.45) is 0 Å². The number of esters is 1. The Balaban J connectivity index is 1.98. The highest BCUT2D eigenvalue weighted by atomic mass is 19.1. The van der Waals surface area contributed by atoms with Gasteiger partial charge in [-0.1, -0.05) is 24.3 Å². The van der Waals surface area contributed by atoms with Crippen LogP contribution in [0.25, 0.3) is 0 Å². The molecule has 0 saturated heterocycles. The fourth-order valence-electron chi connectivity index (χ4n) is 4.03. The van der Waals surface area contributed by atoms with Crippen molar-refractivity contribution in [1.82, 2.24) is 14.8 Å². The number of nitriles is 1. The second kappa shape index (κ2) is 10.3. The molecule has 4 rings (SSSR count). The molecule has 0 spiro atoms. The minimum atomic E-state index is -0.784. The summed E-state index contributed by atoms with van der Waals surface area (Å²) in [6.07, 6.45) is -0.769. The van der Waals surface area contributed by atoms with Crippen LogP contribution in [-0.2, 0) is 20.9 Å². The number of allylic oxidation sites excluding steroid dienone is 1. The number of rotatable bonds is 6. The second-order valence-corrected chi connectivity index (χ2v) is 7.79. The molecule has 0 fully saturated rings. The lowest BCUT2D eigenvalue weighted by Crippen LogP contribution is -2.34. The summed E-state index contributed by atoms with van der Waals surface area (Å²) >= 11 is 0. The van der Waals surface area contributed by atoms with Crippen LogP contribution in [0.4, 0.5) is 26.8 Å². The molecule has 2 heterocycles. The lowest BCUT2D eigenvalue weighted by molar-refractivity contribution is -0.139. The molecular formula is C25H23FN6O4. The quantitative estimate of drug-likeness (QED) is 0.505. The molecule has 1 aliphatic heterocycles. The van der Waals surface area contributed by atoms with E-state index in [1.165, 1.54) is 11.8 Å². The minimum Gasteiger partial charge on any atom is -0.463 e. The molecular weight excluding hydrogens is 467 g/mol. The number of nitrogens with zero attached hydrogens (tertiary/aromatic N) is 5. The van der Waals surface area contributed by atoms with E-state index in [1.54, 1.807) is 67.3 Å². The maximum Gasteiger partial charge on any atom is 0.413 e. The molecule has 0 saturated carbocycles. The van der Waals surface area contributed by atoms with Gasteiger partial charge in [0.1, 0.15) is 12.7 Å². The zero-order chi connectivity index (χ0) is 25.8. The largest absolute Gasteiger partial charge is 0.463 e. The highest BCUT2D eigenvalue weighted by Gasteiger charge is 2.39. The molecule has 1 unspecified atom stereocenters. The molecule has 1 aromatic heterocycles. The van der Waals surface area contributed by atoms with Gasteiger partial charge in [-0.05, 0) is 49.2 Å². The predicted molar refractivity (Wildman–Crippen MR) is 128 cm³/mol. The Hall–Kier alpha value is -4.72. The number of ether oxygens (including phenoxy) is 2. The predicted octanol–water partition coefficient (Wildman–Crippen LogP) is 4.38. The zero-order valence-corrected chi connectivity index (χ0v) is 19.9. The van der Waals surface area contributed by atoms with Crippen LogP contribution in [0.3, 0.4) is 0 Å². The second-order valence-electron chi connectivity index (χ2n) is 7.79. The highest BCUT2D eigenvalue weighted by Crippen LogP contribution is 2.43. The minimum absolute atomic E-state index is 0.0555. The van der Waals surface area contributed by atoms with Crippen molar-refractivity contribution >= 4 is 29.6 Å². The highest BCUT2D eigenvalue weighted by molar-refractivity contribution is 5.94. The summed E-state index contributed by atoms with van der Waals surface area (Å²) in [6.45, 7) is 2.91. The third-order valence-electron chi connectivity index (χ3n) is 5.63. The van der Waals surface area contributed by atoms with Crippen LogP contribution in [-0.4, -0.2) is 40.5 Å². The maximum atomic E-state index is 13.5. The van der Waals surface area contributed by atoms with E-state index in [-0.39, 0.29) is 24.1 Å². The number of carbonyl (C=O) groups excluding carboxylic acids is 2. The Kier molecular flexibility index (Phi) is 6.96. The van der Waals surface area contributed by atoms with Crippen molar-refractivity contribution in [1.29, 1.82) is 5.26 Å². The normalized spacial score (nSPS) is 14.6. The van der Waals surface area contributed by atoms with Crippen LogP contribution < -0.4 is 10.2 Å². The Morgan fingerprint density at radius 2 is 1.97 bits per heavy atom. The first-order valence-corrected chi connectivity index (χ1v) is 11.1. The van der Waals surface area contributed by atoms with Crippen LogP contribution in [0.1, 0.15) is 36.6 Å². The monoisotopic (exact) mass is 490 g/mol. The molecule has 0 bridgehead atoms. The topological polar surface area (TPSA) is 122 Å². The number of aromatic nitrogens is 3. The first-order valence-electron chi connectivity index (χ1n) is 11.1. The number of nitrogens with one attached hydrogen (secondary N) is 1. The van der Waals surface area contributed by atoms with E-state index >= 15 is 0 Å². The number of fused-ring (bicyclic) bond motifs is 1. The molecule has 2 aromatic carbocycles. The maximum absolute atomic E-state index is 13.5. The summed E-state index contributed by atoms with van der Waals surface area (Å²) in [5.41, 5.74) is 2.83. The van der Waals surface area contributed by atoms with Crippen molar-refractivity contribution in [3.63, 3.8) is 0 Å². The van der Waals surface area contributed by atoms with Crippen LogP contribution in [0.5, 0.6) is 0 Å². The molecule has 1 amide bonds. The SMILES string of the molecule is CCOC(=O)C1=C(C)N(c2cccc(CF)c2)c2nc(NC(=O)OC)nn2C1c1ccc(C#N)cc1. The van der Waals surface area contributed by atoms with E-state index in [9.17, 15) is 19.2 Å². The summed E-state index contributed by atoms with van der Waals surface area (Å²) in [5, 5.41) is 16.1. The van der Waals surface area contributed by atoms with E-state index in [0.717, 1.165) is 0 Å². The van der Waals surface area contributed by atoms with Gasteiger partial charge in [0.05, 0.1) is 30.9 Å². The molecule has 1 aliphatic rings. The van der Waals surface area contributed by atoms with Crippen molar-refractivity contribution in [2.45, 2.75) is 26.6 Å². The van der Waals surface area contributed by atoms with Gasteiger partial charge in [-0.2, -0.15) is 10.2 Å². The molecule has 10 nitrogen and oxygen atoms in total. The summed E-state index contributed by atoms with van der Waals surface area (Å²) in [6, 6.07) is 14.7. The van der Waals surface area contributed by atoms with E-state index in [1.807, 2.05) is 0 Å². The smallest absolute Gasteiger partial charge is 0.413 e. The molecule has 36 heavy (non-hydrogen) atoms. The average molecular weight is 490 g/mol. The van der Waals surface area contributed by atoms with Crippen LogP contribution in [0, 0.1) is 11.3 Å². The first-order chi connectivity index (χ1) is 17.4. The zero-order valence-electron chi connectivity index (χ0n) is 19.9. The summed E-state index contributed by atoms with van der Waals surface area (Å²) in [7, 11) is 1.21. The Labute approximate surface area is 206 Å². The van der Waals surface area contributed by atoms with E-state index in [0.29, 0.717) is 28.1 Å². The summed E-state index contributed by atoms with van der Waals surface area (Å²) in [4.78, 5) is 31.3. The van der Waals surface area contributed by atoms with E-state index in [4.69, 9.17) is 4.74 Å². The number of benzene rings is 2. The van der Waals surface area contributed by atoms with E-state index < -0.39 is 24.8 Å². The van der Waals surface area contributed by atoms with E-state index in [2.05, 4.69) is 26.2 Å². The molecule has 11 heteroatoms. The number of hydrogen-bond acceptors (Lipinski definition) is 8. The van der Waals surface area contributed by atoms with Crippen molar-refractivity contribution in [3.8, 4) is 6.07 Å². The van der Waals surface area contributed by atoms with Gasteiger partial charge < -0.3 is 9.47 Å². The number of hydrogen-bond donors (Lipinski definition) is 1. The van der Waals surface area contributed by atoms with Gasteiger partial charge in [-0.25, -0.2) is 18.7 Å². The molecule has 0 aliphatic carbocycles. The molecule has 184 valence electrons. The fourth-order valence-corrected chi connectivity index (χ4v) is 4.03. The number of alkyl halides is 1. The summed E-state index contributed by atoms with van der Waals surface area (Å²) < 4.78 is 25.0. The third-order valence-corrected chi connectivity index (χ3v) is 5.63. The Morgan fingerprint density at radius 3 is 2.61 bits per heavy atom. The lowest BCUT2D eigenvalue weighted by Gasteiger charge is -2.35. The lowest BCUT2D eigenvalue weighted by atomic mass is 9.94. The standard InChI is InChI=1S/C25H23FN6O4/c1-4-36-22(33)20-15(2)31(19-7-5-6-17(12-19)13-26)24-28-23(29-25(34)35-3)30-32(24)21(20)18-10-8-16(14-27)9-11-18/h5-12,21H,4,13H2,1-3H3,(H,29,30,34). The number of halogens is 1. The van der Waals surface area contributed by atoms with Gasteiger partial charge >= 0.3 is 12.1 Å². The van der Waals surface area contributed by atoms with Crippen LogP contribution in [0.15, 0.2) is 59.8 Å².